The third-order valence-corrected chi connectivity index (χ3v) is 2.40. The molecule has 0 aliphatic carbocycles. The van der Waals surface area contributed by atoms with Crippen molar-refractivity contribution in [3.63, 3.8) is 0 Å². The fourth-order valence-electron chi connectivity index (χ4n) is 1.38. The van der Waals surface area contributed by atoms with Gasteiger partial charge < -0.3 is 15.1 Å². The van der Waals surface area contributed by atoms with Crippen molar-refractivity contribution in [2.75, 3.05) is 11.9 Å². The van der Waals surface area contributed by atoms with E-state index >= 15 is 0 Å². The Balaban J connectivity index is 2.20. The summed E-state index contributed by atoms with van der Waals surface area (Å²) in [4.78, 5) is 0. The van der Waals surface area contributed by atoms with Gasteiger partial charge in [-0.2, -0.15) is 13.2 Å². The Bertz CT molecular complexity index is 398. The molecule has 0 aliphatic rings. The monoisotopic (exact) mass is 294 g/mol. The van der Waals surface area contributed by atoms with Gasteiger partial charge in [-0.15, -0.1) is 5.10 Å². The maximum atomic E-state index is 11.9. The second kappa shape index (κ2) is 6.92. The zero-order valence-corrected chi connectivity index (χ0v) is 12.0. The number of nitrogens with zero attached hydrogens (tertiary/aromatic N) is 2. The molecule has 1 heterocycles. The number of rotatable bonds is 7. The third-order valence-electron chi connectivity index (χ3n) is 2.40. The predicted octanol–water partition coefficient (Wildman–Crippen LogP) is 3.10. The minimum atomic E-state index is -4.09. The number of anilines is 1. The van der Waals surface area contributed by atoms with Crippen molar-refractivity contribution >= 4 is 6.01 Å². The van der Waals surface area contributed by atoms with Gasteiger partial charge in [0.05, 0.1) is 6.54 Å². The van der Waals surface area contributed by atoms with Gasteiger partial charge in [0.15, 0.2) is 0 Å². The van der Waals surface area contributed by atoms with E-state index in [0.29, 0.717) is 25.4 Å². The van der Waals surface area contributed by atoms with Crippen molar-refractivity contribution in [3.05, 3.63) is 5.89 Å². The highest BCUT2D eigenvalue weighted by molar-refractivity contribution is 5.16. The quantitative estimate of drug-likeness (QED) is 0.757. The Labute approximate surface area is 116 Å². The molecular formula is C12H21F3N4O. The second-order valence-electron chi connectivity index (χ2n) is 5.60. The first-order valence-electron chi connectivity index (χ1n) is 6.54. The molecule has 0 aliphatic heterocycles. The van der Waals surface area contributed by atoms with Crippen LogP contribution >= 0.6 is 0 Å². The van der Waals surface area contributed by atoms with Crippen LogP contribution in [0.3, 0.4) is 0 Å². The molecule has 2 N–H and O–H groups in total. The highest BCUT2D eigenvalue weighted by Crippen LogP contribution is 2.22. The molecular weight excluding hydrogens is 273 g/mol. The van der Waals surface area contributed by atoms with Crippen molar-refractivity contribution in [3.8, 4) is 0 Å². The lowest BCUT2D eigenvalue weighted by atomic mass is 10.1. The molecule has 0 atom stereocenters. The van der Waals surface area contributed by atoms with Crippen LogP contribution in [0.4, 0.5) is 19.2 Å². The lowest BCUT2D eigenvalue weighted by Gasteiger charge is -2.18. The van der Waals surface area contributed by atoms with Gasteiger partial charge in [0.25, 0.3) is 0 Å². The minimum Gasteiger partial charge on any atom is -0.407 e. The van der Waals surface area contributed by atoms with E-state index in [-0.39, 0.29) is 18.0 Å². The molecule has 116 valence electrons. The Kier molecular flexibility index (Phi) is 5.79. The molecule has 0 radical (unpaired) electrons. The molecule has 1 rings (SSSR count). The van der Waals surface area contributed by atoms with Gasteiger partial charge in [0, 0.05) is 18.5 Å². The molecule has 1 aromatic heterocycles. The van der Waals surface area contributed by atoms with E-state index in [4.69, 9.17) is 4.42 Å². The smallest absolute Gasteiger partial charge is 0.389 e. The van der Waals surface area contributed by atoms with Crippen molar-refractivity contribution in [1.29, 1.82) is 0 Å². The van der Waals surface area contributed by atoms with Gasteiger partial charge in [-0.25, -0.2) is 0 Å². The summed E-state index contributed by atoms with van der Waals surface area (Å²) in [5, 5.41) is 13.6. The number of hydrogen-bond acceptors (Lipinski definition) is 5. The fourth-order valence-corrected chi connectivity index (χ4v) is 1.38. The minimum absolute atomic E-state index is 0.0559. The summed E-state index contributed by atoms with van der Waals surface area (Å²) in [6, 6.07) is 0.239. The van der Waals surface area contributed by atoms with Gasteiger partial charge in [-0.05, 0) is 33.6 Å². The molecule has 20 heavy (non-hydrogen) atoms. The lowest BCUT2D eigenvalue weighted by molar-refractivity contribution is -0.135. The van der Waals surface area contributed by atoms with Gasteiger partial charge in [0.2, 0.25) is 5.89 Å². The SMILES string of the molecule is CC(C)(C)NCc1nnc(NCCCCC(F)(F)F)o1. The molecule has 5 nitrogen and oxygen atoms in total. The first kappa shape index (κ1) is 16.7. The summed E-state index contributed by atoms with van der Waals surface area (Å²) in [7, 11) is 0. The van der Waals surface area contributed by atoms with Crippen LogP contribution in [0.2, 0.25) is 0 Å². The van der Waals surface area contributed by atoms with E-state index in [1.807, 2.05) is 20.8 Å². The molecule has 1 aromatic rings. The normalized spacial score (nSPS) is 12.7. The van der Waals surface area contributed by atoms with E-state index < -0.39 is 12.6 Å². The van der Waals surface area contributed by atoms with E-state index in [0.717, 1.165) is 0 Å². The topological polar surface area (TPSA) is 63.0 Å². The average molecular weight is 294 g/mol. The number of aromatic nitrogens is 2. The van der Waals surface area contributed by atoms with Crippen LogP contribution < -0.4 is 10.6 Å². The van der Waals surface area contributed by atoms with Crippen LogP contribution in [0.25, 0.3) is 0 Å². The first-order chi connectivity index (χ1) is 9.16. The Morgan fingerprint density at radius 1 is 1.10 bits per heavy atom. The number of alkyl halides is 3. The van der Waals surface area contributed by atoms with E-state index in [2.05, 4.69) is 20.8 Å². The summed E-state index contributed by atoms with van der Waals surface area (Å²) in [5.41, 5.74) is -0.0559. The van der Waals surface area contributed by atoms with Gasteiger partial charge in [-0.1, -0.05) is 5.10 Å². The zero-order valence-electron chi connectivity index (χ0n) is 12.0. The molecule has 0 unspecified atom stereocenters. The summed E-state index contributed by atoms with van der Waals surface area (Å²) in [5.74, 6) is 0.442. The number of hydrogen-bond donors (Lipinski definition) is 2. The molecule has 0 bridgehead atoms. The Hall–Kier alpha value is -1.31. The fraction of sp³-hybridized carbons (Fsp3) is 0.833. The first-order valence-corrected chi connectivity index (χ1v) is 6.54. The summed E-state index contributed by atoms with van der Waals surface area (Å²) < 4.78 is 41.1. The van der Waals surface area contributed by atoms with Gasteiger partial charge in [-0.3, -0.25) is 0 Å². The molecule has 8 heteroatoms. The Morgan fingerprint density at radius 2 is 1.80 bits per heavy atom. The second-order valence-corrected chi connectivity index (χ2v) is 5.60. The van der Waals surface area contributed by atoms with Gasteiger partial charge in [0.1, 0.15) is 0 Å². The van der Waals surface area contributed by atoms with E-state index in [9.17, 15) is 13.2 Å². The molecule has 0 spiro atoms. The molecule has 0 fully saturated rings. The van der Waals surface area contributed by atoms with E-state index in [1.165, 1.54) is 0 Å². The maximum Gasteiger partial charge on any atom is 0.389 e. The summed E-state index contributed by atoms with van der Waals surface area (Å²) in [6.07, 6.45) is -4.36. The third kappa shape index (κ3) is 7.98. The summed E-state index contributed by atoms with van der Waals surface area (Å²) >= 11 is 0. The van der Waals surface area contributed by atoms with Crippen molar-refractivity contribution in [2.24, 2.45) is 0 Å². The molecule has 0 saturated heterocycles. The van der Waals surface area contributed by atoms with Gasteiger partial charge >= 0.3 is 12.2 Å². The lowest BCUT2D eigenvalue weighted by Crippen LogP contribution is -2.35. The van der Waals surface area contributed by atoms with Crippen LogP contribution in [0.5, 0.6) is 0 Å². The highest BCUT2D eigenvalue weighted by Gasteiger charge is 2.25. The van der Waals surface area contributed by atoms with Crippen LogP contribution in [-0.4, -0.2) is 28.5 Å². The van der Waals surface area contributed by atoms with Crippen molar-refractivity contribution in [2.45, 2.75) is 58.3 Å². The van der Waals surface area contributed by atoms with Crippen LogP contribution in [0.15, 0.2) is 4.42 Å². The Morgan fingerprint density at radius 3 is 2.40 bits per heavy atom. The van der Waals surface area contributed by atoms with Crippen LogP contribution in [-0.2, 0) is 6.54 Å². The maximum absolute atomic E-state index is 11.9. The molecule has 0 aromatic carbocycles. The number of unbranched alkanes of at least 4 members (excludes halogenated alkanes) is 1. The van der Waals surface area contributed by atoms with E-state index in [1.54, 1.807) is 0 Å². The van der Waals surface area contributed by atoms with Crippen molar-refractivity contribution < 1.29 is 17.6 Å². The van der Waals surface area contributed by atoms with Crippen LogP contribution in [0, 0.1) is 0 Å². The summed E-state index contributed by atoms with van der Waals surface area (Å²) in [6.45, 7) is 6.88. The predicted molar refractivity (Wildman–Crippen MR) is 69.3 cm³/mol. The molecule has 0 amide bonds. The highest BCUT2D eigenvalue weighted by atomic mass is 19.4. The van der Waals surface area contributed by atoms with Crippen molar-refractivity contribution in [1.82, 2.24) is 15.5 Å². The zero-order chi connectivity index (χ0) is 15.2. The number of nitrogens with one attached hydrogen (secondary N) is 2. The average Bonchev–Trinajstić information content (AvgIpc) is 2.71. The van der Waals surface area contributed by atoms with Crippen LogP contribution in [0.1, 0.15) is 45.9 Å². The molecule has 0 saturated carbocycles. The number of halogens is 3. The largest absolute Gasteiger partial charge is 0.407 e. The standard InChI is InChI=1S/C12H21F3N4O/c1-11(2,3)17-8-9-18-19-10(20-9)16-7-5-4-6-12(13,14)15/h17H,4-8H2,1-3H3,(H,16,19).